The predicted molar refractivity (Wildman–Crippen MR) is 362 cm³/mol. The van der Waals surface area contributed by atoms with E-state index in [1.807, 2.05) is 21.1 Å². The van der Waals surface area contributed by atoms with E-state index in [9.17, 15) is 19.0 Å². The largest absolute Gasteiger partial charge is 0.472 e. The van der Waals surface area contributed by atoms with Gasteiger partial charge in [-0.15, -0.1) is 0 Å². The van der Waals surface area contributed by atoms with E-state index in [0.29, 0.717) is 23.9 Å². The first-order valence-corrected chi connectivity index (χ1v) is 33.7. The van der Waals surface area contributed by atoms with Gasteiger partial charge >= 0.3 is 19.8 Å². The Bertz CT molecular complexity index is 2120. The quantitative estimate of drug-likeness (QED) is 0.0211. The Balaban J connectivity index is 4.26. The van der Waals surface area contributed by atoms with Gasteiger partial charge in [0.15, 0.2) is 6.10 Å². The molecule has 0 aliphatic heterocycles. The van der Waals surface area contributed by atoms with Crippen LogP contribution in [0.4, 0.5) is 0 Å². The minimum atomic E-state index is -4.42. The summed E-state index contributed by atoms with van der Waals surface area (Å²) in [6, 6.07) is 0. The van der Waals surface area contributed by atoms with E-state index in [2.05, 4.69) is 208 Å². The van der Waals surface area contributed by atoms with Crippen molar-refractivity contribution in [3.63, 3.8) is 0 Å². The molecule has 9 nitrogen and oxygen atoms in total. The Morgan fingerprint density at radius 2 is 0.643 bits per heavy atom. The van der Waals surface area contributed by atoms with Gasteiger partial charge in [0.1, 0.15) is 19.8 Å². The molecular formula is C74H117NO8P+. The zero-order chi connectivity index (χ0) is 61.2. The highest BCUT2D eigenvalue weighted by Gasteiger charge is 2.27. The lowest BCUT2D eigenvalue weighted by Crippen LogP contribution is -2.37. The zero-order valence-electron chi connectivity index (χ0n) is 53.3. The number of quaternary nitrogens is 1. The van der Waals surface area contributed by atoms with Gasteiger partial charge in [-0.1, -0.05) is 247 Å². The van der Waals surface area contributed by atoms with Crippen molar-refractivity contribution in [2.45, 2.75) is 213 Å². The maximum atomic E-state index is 12.9. The first kappa shape index (κ1) is 78.8. The molecule has 0 radical (unpaired) electrons. The number of allylic oxidation sites excluding steroid dienone is 32. The summed E-state index contributed by atoms with van der Waals surface area (Å²) in [6.07, 6.45) is 97.9. The number of likely N-dealkylation sites (N-methyl/N-ethyl adjacent to an activating group) is 1. The highest BCUT2D eigenvalue weighted by atomic mass is 31.2. The Kier molecular flexibility index (Phi) is 58.6. The summed E-state index contributed by atoms with van der Waals surface area (Å²) in [4.78, 5) is 35.8. The van der Waals surface area contributed by atoms with Gasteiger partial charge in [-0.2, -0.15) is 0 Å². The van der Waals surface area contributed by atoms with Gasteiger partial charge in [0, 0.05) is 12.8 Å². The fourth-order valence-corrected chi connectivity index (χ4v) is 8.49. The van der Waals surface area contributed by atoms with E-state index in [1.54, 1.807) is 0 Å². The Morgan fingerprint density at radius 1 is 0.369 bits per heavy atom. The lowest BCUT2D eigenvalue weighted by Gasteiger charge is -2.24. The van der Waals surface area contributed by atoms with Crippen LogP contribution in [0.2, 0.25) is 0 Å². The van der Waals surface area contributed by atoms with Gasteiger partial charge in [0.05, 0.1) is 27.7 Å². The van der Waals surface area contributed by atoms with Gasteiger partial charge in [-0.3, -0.25) is 18.6 Å². The summed E-state index contributed by atoms with van der Waals surface area (Å²) in [7, 11) is 1.42. The smallest absolute Gasteiger partial charge is 0.462 e. The third kappa shape index (κ3) is 66.0. The van der Waals surface area contributed by atoms with E-state index >= 15 is 0 Å². The molecule has 2 atom stereocenters. The van der Waals surface area contributed by atoms with Crippen LogP contribution in [0.15, 0.2) is 194 Å². The lowest BCUT2D eigenvalue weighted by molar-refractivity contribution is -0.870. The molecule has 0 aliphatic carbocycles. The van der Waals surface area contributed by atoms with Crippen molar-refractivity contribution < 1.29 is 42.1 Å². The molecule has 2 unspecified atom stereocenters. The Morgan fingerprint density at radius 3 is 0.952 bits per heavy atom. The number of rotatable bonds is 56. The van der Waals surface area contributed by atoms with Crippen LogP contribution in [0.3, 0.4) is 0 Å². The molecule has 0 amide bonds. The molecule has 0 aliphatic rings. The number of esters is 2. The molecule has 1 N–H and O–H groups in total. The summed E-state index contributed by atoms with van der Waals surface area (Å²) in [5.41, 5.74) is 0. The second-order valence-corrected chi connectivity index (χ2v) is 23.1. The number of carbonyl (C=O) groups is 2. The average molecular weight is 1180 g/mol. The molecule has 0 aromatic carbocycles. The number of hydrogen-bond acceptors (Lipinski definition) is 7. The molecule has 0 aromatic rings. The average Bonchev–Trinajstić information content (AvgIpc) is 3.61. The number of unbranched alkanes of at least 4 members (excludes halogenated alkanes) is 10. The molecule has 10 heteroatoms. The molecule has 470 valence electrons. The van der Waals surface area contributed by atoms with Crippen molar-refractivity contribution in [2.24, 2.45) is 0 Å². The molecule has 0 fully saturated rings. The van der Waals surface area contributed by atoms with Crippen LogP contribution in [0.5, 0.6) is 0 Å². The third-order valence-corrected chi connectivity index (χ3v) is 13.6. The van der Waals surface area contributed by atoms with Crippen LogP contribution in [-0.2, 0) is 32.7 Å². The van der Waals surface area contributed by atoms with E-state index in [-0.39, 0.29) is 26.1 Å². The minimum Gasteiger partial charge on any atom is -0.462 e. The van der Waals surface area contributed by atoms with Crippen LogP contribution in [0.1, 0.15) is 206 Å². The van der Waals surface area contributed by atoms with E-state index in [0.717, 1.165) is 167 Å². The van der Waals surface area contributed by atoms with Crippen molar-refractivity contribution in [1.29, 1.82) is 0 Å². The van der Waals surface area contributed by atoms with Gasteiger partial charge < -0.3 is 18.9 Å². The summed E-state index contributed by atoms with van der Waals surface area (Å²) in [5, 5.41) is 0. The second-order valence-electron chi connectivity index (χ2n) is 21.7. The van der Waals surface area contributed by atoms with Gasteiger partial charge in [0.25, 0.3) is 0 Å². The minimum absolute atomic E-state index is 0.0121. The highest BCUT2D eigenvalue weighted by Crippen LogP contribution is 2.43. The first-order chi connectivity index (χ1) is 41.0. The summed E-state index contributed by atoms with van der Waals surface area (Å²) in [6.45, 7) is 4.12. The normalized spacial score (nSPS) is 14.5. The summed E-state index contributed by atoms with van der Waals surface area (Å²) in [5.74, 6) is -0.861. The van der Waals surface area contributed by atoms with Crippen LogP contribution in [0, 0.1) is 0 Å². The number of nitrogens with zero attached hydrogens (tertiary/aromatic N) is 1. The number of phosphoric ester groups is 1. The predicted octanol–water partition coefficient (Wildman–Crippen LogP) is 20.9. The van der Waals surface area contributed by atoms with E-state index in [4.69, 9.17) is 18.5 Å². The standard InChI is InChI=1S/C74H116NO8P/c1-6-8-10-12-14-16-18-20-22-24-26-28-30-31-32-33-34-35-36-37-38-39-40-41-42-43-45-47-49-51-53-55-57-59-61-63-65-67-74(77)83-72(71-82-84(78,79)81-69-68-75(3,4)5)70-80-73(76)66-64-62-60-58-56-54-52-50-48-46-44-29-27-25-23-21-19-17-15-13-11-9-7-2/h8-11,14-17,20-23,26-29,31-32,34-35,37-38,40-41,43,45-46,48-49,51-52,54,72H,6-7,12-13,18-19,24-25,30,33,36,39,42,44,47,50,53,55-71H2,1-5H3/p+1/b10-8-,11-9-,16-14-,17-15-,22-20-,23-21-,28-26-,29-27-,32-31-,35-34-,38-37-,41-40-,45-43-,48-46-,51-49-,54-52-. The second kappa shape index (κ2) is 62.4. The molecule has 0 saturated heterocycles. The SMILES string of the molecule is CC/C=C\C/C=C\C/C=C\C/C=C\C/C=C\C/C=C\C/C=C\C/C=C\C/C=C\C/C=C\CCCCCCCCC(=O)OC(COC(=O)CCCCCC/C=C\C/C=C\C/C=C\C/C=C\C/C=C\C/C=C\CC)COP(=O)(O)OCC[N+](C)(C)C. The molecule has 0 spiro atoms. The lowest BCUT2D eigenvalue weighted by atomic mass is 10.1. The highest BCUT2D eigenvalue weighted by molar-refractivity contribution is 7.47. The molecule has 0 aromatic heterocycles. The van der Waals surface area contributed by atoms with Crippen LogP contribution < -0.4 is 0 Å². The van der Waals surface area contributed by atoms with Gasteiger partial charge in [-0.25, -0.2) is 4.57 Å². The fourth-order valence-electron chi connectivity index (χ4n) is 7.75. The fraction of sp³-hybridized carbons (Fsp3) is 0.541. The third-order valence-electron chi connectivity index (χ3n) is 12.6. The van der Waals surface area contributed by atoms with Crippen LogP contribution in [0.25, 0.3) is 0 Å². The maximum absolute atomic E-state index is 12.9. The first-order valence-electron chi connectivity index (χ1n) is 32.2. The number of ether oxygens (including phenoxy) is 2. The summed E-state index contributed by atoms with van der Waals surface area (Å²) < 4.78 is 34.6. The van der Waals surface area contributed by atoms with Crippen molar-refractivity contribution in [3.05, 3.63) is 194 Å². The maximum Gasteiger partial charge on any atom is 0.472 e. The van der Waals surface area contributed by atoms with E-state index in [1.165, 1.54) is 0 Å². The van der Waals surface area contributed by atoms with Gasteiger partial charge in [-0.05, 0) is 141 Å². The molecular weight excluding hydrogens is 1060 g/mol. The number of carbonyl (C=O) groups excluding carboxylic acids is 2. The Hall–Kier alpha value is -5.15. The number of hydrogen-bond donors (Lipinski definition) is 1. The molecule has 84 heavy (non-hydrogen) atoms. The topological polar surface area (TPSA) is 108 Å². The van der Waals surface area contributed by atoms with Crippen molar-refractivity contribution >= 4 is 19.8 Å². The van der Waals surface area contributed by atoms with E-state index < -0.39 is 32.5 Å². The molecule has 0 saturated carbocycles. The Labute approximate surface area is 513 Å². The van der Waals surface area contributed by atoms with Crippen molar-refractivity contribution in [3.8, 4) is 0 Å². The molecule has 0 heterocycles. The van der Waals surface area contributed by atoms with Crippen molar-refractivity contribution in [2.75, 3.05) is 47.5 Å². The number of phosphoric acid groups is 1. The van der Waals surface area contributed by atoms with Crippen LogP contribution >= 0.6 is 7.82 Å². The zero-order valence-corrected chi connectivity index (χ0v) is 54.2. The van der Waals surface area contributed by atoms with Crippen LogP contribution in [-0.4, -0.2) is 74.9 Å². The summed E-state index contributed by atoms with van der Waals surface area (Å²) >= 11 is 0. The monoisotopic (exact) mass is 1180 g/mol. The molecule has 0 rings (SSSR count). The van der Waals surface area contributed by atoms with Gasteiger partial charge in [0.2, 0.25) is 0 Å². The van der Waals surface area contributed by atoms with Crippen molar-refractivity contribution in [1.82, 2.24) is 0 Å². The molecule has 0 bridgehead atoms.